The van der Waals surface area contributed by atoms with Crippen molar-refractivity contribution in [3.8, 4) is 5.88 Å². The van der Waals surface area contributed by atoms with E-state index in [-0.39, 0.29) is 11.6 Å². The fourth-order valence-corrected chi connectivity index (χ4v) is 3.82. The van der Waals surface area contributed by atoms with Crippen LogP contribution in [0.5, 0.6) is 5.88 Å². The van der Waals surface area contributed by atoms with Crippen LogP contribution in [0.1, 0.15) is 23.0 Å². The number of nitrogens with one attached hydrogen (secondary N) is 1. The van der Waals surface area contributed by atoms with Crippen LogP contribution in [-0.4, -0.2) is 99.4 Å². The molecule has 35 heavy (non-hydrogen) atoms. The van der Waals surface area contributed by atoms with E-state index in [0.29, 0.717) is 56.1 Å². The molecular weight excluding hydrogens is 452 g/mol. The Morgan fingerprint density at radius 2 is 1.83 bits per heavy atom. The van der Waals surface area contributed by atoms with Crippen LogP contribution in [0.2, 0.25) is 0 Å². The summed E-state index contributed by atoms with van der Waals surface area (Å²) in [5, 5.41) is 6.87. The number of amides is 1. The van der Waals surface area contributed by atoms with E-state index in [4.69, 9.17) is 19.0 Å². The van der Waals surface area contributed by atoms with Gasteiger partial charge in [-0.05, 0) is 19.1 Å². The Morgan fingerprint density at radius 1 is 1.09 bits per heavy atom. The van der Waals surface area contributed by atoms with Gasteiger partial charge in [0, 0.05) is 50.0 Å². The summed E-state index contributed by atoms with van der Waals surface area (Å²) < 4.78 is 16.8. The number of carbonyl (C=O) groups is 1. The molecule has 0 spiro atoms. The lowest BCUT2D eigenvalue weighted by molar-refractivity contribution is 0.0320. The summed E-state index contributed by atoms with van der Waals surface area (Å²) in [6.45, 7) is 8.76. The van der Waals surface area contributed by atoms with Crippen LogP contribution in [0.3, 0.4) is 0 Å². The number of ether oxygens (including phenoxy) is 3. The Balaban J connectivity index is 1.49. The Kier molecular flexibility index (Phi) is 8.82. The van der Waals surface area contributed by atoms with Crippen LogP contribution >= 0.6 is 0 Å². The smallest absolute Gasteiger partial charge is 0.274 e. The molecule has 2 fully saturated rings. The van der Waals surface area contributed by atoms with Crippen LogP contribution in [0.25, 0.3) is 0 Å². The second-order valence-corrected chi connectivity index (χ2v) is 8.19. The standard InChI is InChI=1S/C24H32N6O5/c1-18(28-32-2)19-4-3-5-20(16-19)25-23(31)21-17-22(35-15-8-29-6-11-33-12-7-29)27-24(26-21)30-9-13-34-14-10-30/h3-5,16-17H,6-15H2,1-2H3,(H,25,31)/b28-18-. The molecule has 2 aliphatic heterocycles. The first-order chi connectivity index (χ1) is 17.1. The van der Waals surface area contributed by atoms with Gasteiger partial charge in [0.25, 0.3) is 5.91 Å². The van der Waals surface area contributed by atoms with Crippen molar-refractivity contribution in [1.29, 1.82) is 0 Å². The van der Waals surface area contributed by atoms with Crippen LogP contribution in [-0.2, 0) is 14.3 Å². The molecule has 0 bridgehead atoms. The number of rotatable bonds is 9. The lowest BCUT2D eigenvalue weighted by atomic mass is 10.1. The number of morpholine rings is 2. The minimum Gasteiger partial charge on any atom is -0.476 e. The van der Waals surface area contributed by atoms with Gasteiger partial charge in [-0.1, -0.05) is 17.3 Å². The minimum absolute atomic E-state index is 0.232. The van der Waals surface area contributed by atoms with Crippen molar-refractivity contribution in [1.82, 2.24) is 14.9 Å². The fraction of sp³-hybridized carbons (Fsp3) is 0.500. The quantitative estimate of drug-likeness (QED) is 0.419. The predicted octanol–water partition coefficient (Wildman–Crippen LogP) is 1.65. The van der Waals surface area contributed by atoms with Gasteiger partial charge >= 0.3 is 0 Å². The molecule has 11 heteroatoms. The molecule has 0 radical (unpaired) electrons. The van der Waals surface area contributed by atoms with Gasteiger partial charge in [0.05, 0.1) is 32.1 Å². The number of carbonyl (C=O) groups excluding carboxylic acids is 1. The number of oxime groups is 1. The average Bonchev–Trinajstić information content (AvgIpc) is 2.90. The van der Waals surface area contributed by atoms with Crippen molar-refractivity contribution in [3.05, 3.63) is 41.6 Å². The van der Waals surface area contributed by atoms with Crippen molar-refractivity contribution in [2.24, 2.45) is 5.16 Å². The number of hydrogen-bond donors (Lipinski definition) is 1. The van der Waals surface area contributed by atoms with Crippen LogP contribution in [0, 0.1) is 0 Å². The number of benzene rings is 1. The molecule has 2 aliphatic rings. The largest absolute Gasteiger partial charge is 0.476 e. The Labute approximate surface area is 205 Å². The molecule has 4 rings (SSSR count). The van der Waals surface area contributed by atoms with Crippen molar-refractivity contribution >= 4 is 23.3 Å². The maximum atomic E-state index is 13.2. The van der Waals surface area contributed by atoms with Gasteiger partial charge in [0.1, 0.15) is 19.4 Å². The van der Waals surface area contributed by atoms with E-state index in [1.165, 1.54) is 7.11 Å². The zero-order valence-corrected chi connectivity index (χ0v) is 20.2. The van der Waals surface area contributed by atoms with Crippen LogP contribution in [0.4, 0.5) is 11.6 Å². The van der Waals surface area contributed by atoms with E-state index in [9.17, 15) is 4.79 Å². The van der Waals surface area contributed by atoms with Gasteiger partial charge in [-0.3, -0.25) is 9.69 Å². The van der Waals surface area contributed by atoms with Gasteiger partial charge in [-0.15, -0.1) is 0 Å². The molecule has 0 saturated carbocycles. The van der Waals surface area contributed by atoms with Crippen molar-refractivity contribution in [2.75, 3.05) is 83.1 Å². The van der Waals surface area contributed by atoms with E-state index < -0.39 is 0 Å². The maximum absolute atomic E-state index is 13.2. The van der Waals surface area contributed by atoms with Gasteiger partial charge in [0.2, 0.25) is 11.8 Å². The Morgan fingerprint density at radius 3 is 2.57 bits per heavy atom. The first-order valence-corrected chi connectivity index (χ1v) is 11.8. The highest BCUT2D eigenvalue weighted by molar-refractivity contribution is 6.04. The Bertz CT molecular complexity index is 1020. The first kappa shape index (κ1) is 24.8. The lowest BCUT2D eigenvalue weighted by Crippen LogP contribution is -2.39. The lowest BCUT2D eigenvalue weighted by Gasteiger charge is -2.27. The number of hydrogen-bond acceptors (Lipinski definition) is 10. The average molecular weight is 485 g/mol. The molecule has 3 heterocycles. The second kappa shape index (κ2) is 12.4. The highest BCUT2D eigenvalue weighted by Gasteiger charge is 2.20. The topological polar surface area (TPSA) is 111 Å². The molecule has 0 unspecified atom stereocenters. The third-order valence-corrected chi connectivity index (χ3v) is 5.75. The molecule has 1 N–H and O–H groups in total. The molecular formula is C24H32N6O5. The normalized spacial score (nSPS) is 17.2. The summed E-state index contributed by atoms with van der Waals surface area (Å²) in [6.07, 6.45) is 0. The monoisotopic (exact) mass is 484 g/mol. The Hall–Kier alpha value is -3.28. The van der Waals surface area contributed by atoms with E-state index >= 15 is 0 Å². The molecule has 188 valence electrons. The first-order valence-electron chi connectivity index (χ1n) is 11.8. The number of anilines is 2. The third-order valence-electron chi connectivity index (χ3n) is 5.75. The van der Waals surface area contributed by atoms with E-state index in [1.807, 2.05) is 36.1 Å². The molecule has 0 aliphatic carbocycles. The summed E-state index contributed by atoms with van der Waals surface area (Å²) in [7, 11) is 1.50. The van der Waals surface area contributed by atoms with Crippen LogP contribution < -0.4 is 15.0 Å². The number of aromatic nitrogens is 2. The molecule has 1 amide bonds. The molecule has 2 saturated heterocycles. The van der Waals surface area contributed by atoms with Crippen molar-refractivity contribution in [2.45, 2.75) is 6.92 Å². The predicted molar refractivity (Wildman–Crippen MR) is 131 cm³/mol. The maximum Gasteiger partial charge on any atom is 0.274 e. The van der Waals surface area contributed by atoms with Gasteiger partial charge in [0.15, 0.2) is 0 Å². The van der Waals surface area contributed by atoms with Gasteiger partial charge in [-0.25, -0.2) is 4.98 Å². The summed E-state index contributed by atoms with van der Waals surface area (Å²) in [5.41, 5.74) is 2.40. The molecule has 0 atom stereocenters. The van der Waals surface area contributed by atoms with E-state index in [0.717, 1.165) is 38.4 Å². The summed E-state index contributed by atoms with van der Waals surface area (Å²) in [4.78, 5) is 31.4. The summed E-state index contributed by atoms with van der Waals surface area (Å²) in [6, 6.07) is 8.97. The van der Waals surface area contributed by atoms with Gasteiger partial charge in [-0.2, -0.15) is 4.98 Å². The zero-order chi connectivity index (χ0) is 24.5. The molecule has 2 aromatic rings. The highest BCUT2D eigenvalue weighted by atomic mass is 16.6. The summed E-state index contributed by atoms with van der Waals surface area (Å²) in [5.74, 6) is 0.481. The SMILES string of the molecule is CO/N=C(/C)c1cccc(NC(=O)c2cc(OCCN3CCOCC3)nc(N3CCOCC3)n2)c1. The van der Waals surface area contributed by atoms with Crippen LogP contribution in [0.15, 0.2) is 35.5 Å². The molecule has 1 aromatic carbocycles. The zero-order valence-electron chi connectivity index (χ0n) is 20.2. The minimum atomic E-state index is -0.349. The summed E-state index contributed by atoms with van der Waals surface area (Å²) >= 11 is 0. The third kappa shape index (κ3) is 7.10. The highest BCUT2D eigenvalue weighted by Crippen LogP contribution is 2.19. The van der Waals surface area contributed by atoms with E-state index in [2.05, 4.69) is 25.3 Å². The second-order valence-electron chi connectivity index (χ2n) is 8.19. The van der Waals surface area contributed by atoms with E-state index in [1.54, 1.807) is 6.07 Å². The number of nitrogens with zero attached hydrogens (tertiary/aromatic N) is 5. The van der Waals surface area contributed by atoms with Gasteiger partial charge < -0.3 is 29.3 Å². The molecule has 1 aromatic heterocycles. The fourth-order valence-electron chi connectivity index (χ4n) is 3.82. The van der Waals surface area contributed by atoms with Crippen molar-refractivity contribution in [3.63, 3.8) is 0 Å². The molecule has 11 nitrogen and oxygen atoms in total. The van der Waals surface area contributed by atoms with Crippen molar-refractivity contribution < 1.29 is 23.8 Å².